The SMILES string of the molecule is CC(NC(=O)CN1C(=O)NC2(CCCCC2C)C1=O)C1CC2CCC1C2. The molecule has 3 aliphatic carbocycles. The minimum atomic E-state index is -0.786. The summed E-state index contributed by atoms with van der Waals surface area (Å²) in [5.74, 6) is 1.81. The van der Waals surface area contributed by atoms with E-state index >= 15 is 0 Å². The quantitative estimate of drug-likeness (QED) is 0.755. The molecule has 3 saturated carbocycles. The fraction of sp³-hybridized carbons (Fsp3) is 0.850. The molecule has 6 nitrogen and oxygen atoms in total. The second kappa shape index (κ2) is 6.54. The Morgan fingerprint density at radius 3 is 2.73 bits per heavy atom. The number of amides is 4. The summed E-state index contributed by atoms with van der Waals surface area (Å²) in [5, 5.41) is 5.98. The van der Waals surface area contributed by atoms with E-state index in [1.807, 2.05) is 6.92 Å². The third kappa shape index (κ3) is 2.81. The Kier molecular flexibility index (Phi) is 4.48. The summed E-state index contributed by atoms with van der Waals surface area (Å²) in [5.41, 5.74) is -0.786. The topological polar surface area (TPSA) is 78.5 Å². The molecule has 4 fully saturated rings. The van der Waals surface area contributed by atoms with E-state index in [1.54, 1.807) is 0 Å². The Labute approximate surface area is 155 Å². The maximum Gasteiger partial charge on any atom is 0.325 e. The van der Waals surface area contributed by atoms with Gasteiger partial charge in [0.15, 0.2) is 0 Å². The highest BCUT2D eigenvalue weighted by Gasteiger charge is 2.55. The average Bonchev–Trinajstić information content (AvgIpc) is 3.29. The molecule has 0 aromatic rings. The number of carbonyl (C=O) groups excluding carboxylic acids is 3. The number of carbonyl (C=O) groups is 3. The Morgan fingerprint density at radius 2 is 2.08 bits per heavy atom. The molecule has 26 heavy (non-hydrogen) atoms. The van der Waals surface area contributed by atoms with E-state index in [-0.39, 0.29) is 30.3 Å². The molecule has 0 aromatic heterocycles. The zero-order valence-electron chi connectivity index (χ0n) is 15.9. The number of fused-ring (bicyclic) bond motifs is 2. The molecule has 4 aliphatic rings. The number of nitrogens with one attached hydrogen (secondary N) is 2. The van der Waals surface area contributed by atoms with E-state index in [1.165, 1.54) is 25.7 Å². The molecule has 2 bridgehead atoms. The summed E-state index contributed by atoms with van der Waals surface area (Å²) in [7, 11) is 0. The van der Waals surface area contributed by atoms with Crippen LogP contribution in [0.15, 0.2) is 0 Å². The summed E-state index contributed by atoms with van der Waals surface area (Å²) >= 11 is 0. The van der Waals surface area contributed by atoms with Crippen molar-refractivity contribution in [3.8, 4) is 0 Å². The number of hydrogen-bond donors (Lipinski definition) is 2. The van der Waals surface area contributed by atoms with Gasteiger partial charge in [0.05, 0.1) is 0 Å². The first kappa shape index (κ1) is 17.8. The van der Waals surface area contributed by atoms with Crippen molar-refractivity contribution in [1.82, 2.24) is 15.5 Å². The van der Waals surface area contributed by atoms with Crippen molar-refractivity contribution in [2.75, 3.05) is 6.54 Å². The molecule has 1 aliphatic heterocycles. The highest BCUT2D eigenvalue weighted by atomic mass is 16.2. The third-order valence-corrected chi connectivity index (χ3v) is 7.63. The zero-order valence-corrected chi connectivity index (χ0v) is 15.9. The van der Waals surface area contributed by atoms with Gasteiger partial charge in [-0.2, -0.15) is 0 Å². The molecule has 0 radical (unpaired) electrons. The largest absolute Gasteiger partial charge is 0.352 e. The normalized spacial score (nSPS) is 40.2. The van der Waals surface area contributed by atoms with Crippen molar-refractivity contribution < 1.29 is 14.4 Å². The maximum atomic E-state index is 12.9. The average molecular weight is 361 g/mol. The smallest absolute Gasteiger partial charge is 0.325 e. The second-order valence-corrected chi connectivity index (χ2v) is 9.13. The molecule has 0 aromatic carbocycles. The summed E-state index contributed by atoms with van der Waals surface area (Å²) in [6.07, 6.45) is 8.78. The van der Waals surface area contributed by atoms with E-state index < -0.39 is 11.6 Å². The van der Waals surface area contributed by atoms with Gasteiger partial charge >= 0.3 is 6.03 Å². The van der Waals surface area contributed by atoms with Crippen LogP contribution >= 0.6 is 0 Å². The lowest BCUT2D eigenvalue weighted by Crippen LogP contribution is -2.54. The number of nitrogens with zero attached hydrogens (tertiary/aromatic N) is 1. The van der Waals surface area contributed by atoms with Crippen LogP contribution in [0.2, 0.25) is 0 Å². The Balaban J connectivity index is 1.37. The lowest BCUT2D eigenvalue weighted by atomic mass is 9.73. The Bertz CT molecular complexity index is 621. The van der Waals surface area contributed by atoms with Crippen LogP contribution in [-0.4, -0.2) is 40.9 Å². The number of hydrogen-bond acceptors (Lipinski definition) is 3. The molecule has 1 heterocycles. The predicted molar refractivity (Wildman–Crippen MR) is 97.2 cm³/mol. The van der Waals surface area contributed by atoms with Gasteiger partial charge in [-0.1, -0.05) is 26.2 Å². The van der Waals surface area contributed by atoms with Gasteiger partial charge in [0.1, 0.15) is 12.1 Å². The van der Waals surface area contributed by atoms with Crippen molar-refractivity contribution in [3.05, 3.63) is 0 Å². The summed E-state index contributed by atoms with van der Waals surface area (Å²) in [6.45, 7) is 3.93. The van der Waals surface area contributed by atoms with Crippen LogP contribution < -0.4 is 10.6 Å². The third-order valence-electron chi connectivity index (χ3n) is 7.63. The second-order valence-electron chi connectivity index (χ2n) is 9.13. The van der Waals surface area contributed by atoms with Crippen LogP contribution in [0.4, 0.5) is 4.79 Å². The molecule has 6 atom stereocenters. The molecule has 144 valence electrons. The van der Waals surface area contributed by atoms with Gasteiger partial charge in [-0.15, -0.1) is 0 Å². The van der Waals surface area contributed by atoms with Crippen molar-refractivity contribution in [1.29, 1.82) is 0 Å². The van der Waals surface area contributed by atoms with Crippen LogP contribution in [0.25, 0.3) is 0 Å². The van der Waals surface area contributed by atoms with Gasteiger partial charge in [0.25, 0.3) is 5.91 Å². The lowest BCUT2D eigenvalue weighted by Gasteiger charge is -2.36. The summed E-state index contributed by atoms with van der Waals surface area (Å²) < 4.78 is 0. The van der Waals surface area contributed by atoms with E-state index in [9.17, 15) is 14.4 Å². The standard InChI is InChI=1S/C20H31N3O3/c1-12-5-3-4-8-20(12)18(25)23(19(26)22-20)11-17(24)21-13(2)16-10-14-6-7-15(16)9-14/h12-16H,3-11H2,1-2H3,(H,21,24)(H,22,26). The van der Waals surface area contributed by atoms with Gasteiger partial charge in [-0.05, 0) is 62.7 Å². The first-order valence-corrected chi connectivity index (χ1v) is 10.3. The van der Waals surface area contributed by atoms with Crippen molar-refractivity contribution >= 4 is 17.8 Å². The van der Waals surface area contributed by atoms with Crippen molar-refractivity contribution in [3.63, 3.8) is 0 Å². The van der Waals surface area contributed by atoms with Crippen molar-refractivity contribution in [2.45, 2.75) is 76.8 Å². The van der Waals surface area contributed by atoms with Crippen LogP contribution in [0, 0.1) is 23.7 Å². The molecule has 6 unspecified atom stereocenters. The molecule has 4 amide bonds. The molecule has 2 N–H and O–H groups in total. The van der Waals surface area contributed by atoms with Gasteiger partial charge in [0.2, 0.25) is 5.91 Å². The van der Waals surface area contributed by atoms with Gasteiger partial charge in [-0.25, -0.2) is 4.79 Å². The highest BCUT2D eigenvalue weighted by Crippen LogP contribution is 2.49. The fourth-order valence-electron chi connectivity index (χ4n) is 6.10. The Hall–Kier alpha value is -1.59. The molecule has 1 spiro atoms. The molecular formula is C20H31N3O3. The van der Waals surface area contributed by atoms with Crippen LogP contribution in [0.5, 0.6) is 0 Å². The Morgan fingerprint density at radius 1 is 1.27 bits per heavy atom. The predicted octanol–water partition coefficient (Wildman–Crippen LogP) is 2.43. The highest BCUT2D eigenvalue weighted by molar-refractivity contribution is 6.09. The molecule has 6 heteroatoms. The molecular weight excluding hydrogens is 330 g/mol. The number of urea groups is 1. The minimum Gasteiger partial charge on any atom is -0.352 e. The lowest BCUT2D eigenvalue weighted by molar-refractivity contribution is -0.137. The van der Waals surface area contributed by atoms with E-state index in [4.69, 9.17) is 0 Å². The molecule has 4 rings (SSSR count). The van der Waals surface area contributed by atoms with Gasteiger partial charge in [-0.3, -0.25) is 14.5 Å². The van der Waals surface area contributed by atoms with E-state index in [2.05, 4.69) is 17.6 Å². The van der Waals surface area contributed by atoms with Gasteiger partial charge < -0.3 is 10.6 Å². The van der Waals surface area contributed by atoms with E-state index in [0.717, 1.165) is 36.0 Å². The zero-order chi connectivity index (χ0) is 18.5. The number of rotatable bonds is 4. The first-order valence-electron chi connectivity index (χ1n) is 10.3. The molecule has 1 saturated heterocycles. The summed E-state index contributed by atoms with van der Waals surface area (Å²) in [4.78, 5) is 39.0. The monoisotopic (exact) mass is 361 g/mol. The first-order chi connectivity index (χ1) is 12.4. The fourth-order valence-corrected chi connectivity index (χ4v) is 6.10. The van der Waals surface area contributed by atoms with Crippen LogP contribution in [0.1, 0.15) is 65.2 Å². The van der Waals surface area contributed by atoms with Gasteiger partial charge in [0, 0.05) is 6.04 Å². The van der Waals surface area contributed by atoms with E-state index in [0.29, 0.717) is 12.3 Å². The van der Waals surface area contributed by atoms with Crippen molar-refractivity contribution in [2.24, 2.45) is 23.7 Å². The minimum absolute atomic E-state index is 0.112. The number of imide groups is 1. The summed E-state index contributed by atoms with van der Waals surface area (Å²) in [6, 6.07) is -0.299. The maximum absolute atomic E-state index is 12.9. The van der Waals surface area contributed by atoms with Crippen LogP contribution in [-0.2, 0) is 9.59 Å². The van der Waals surface area contributed by atoms with Crippen LogP contribution in [0.3, 0.4) is 0 Å².